The molecule has 0 fully saturated rings. The molecule has 1 rings (SSSR count). The summed E-state index contributed by atoms with van der Waals surface area (Å²) in [5, 5.41) is 8.34. The summed E-state index contributed by atoms with van der Waals surface area (Å²) in [6, 6.07) is 7.48. The summed E-state index contributed by atoms with van der Waals surface area (Å²) < 4.78 is 50.2. The first-order valence-corrected chi connectivity index (χ1v) is 8.60. The van der Waals surface area contributed by atoms with Crippen molar-refractivity contribution in [2.75, 3.05) is 18.8 Å². The van der Waals surface area contributed by atoms with Crippen LogP contribution in [0.1, 0.15) is 0 Å². The second-order valence-electron chi connectivity index (χ2n) is 3.74. The normalized spacial score (nSPS) is 12.2. The van der Waals surface area contributed by atoms with Gasteiger partial charge in [-0.3, -0.25) is 4.79 Å². The maximum absolute atomic E-state index is 11.8. The van der Waals surface area contributed by atoms with Crippen molar-refractivity contribution in [1.29, 1.82) is 0 Å². The van der Waals surface area contributed by atoms with Crippen LogP contribution in [0.15, 0.2) is 35.2 Å². The molecule has 1 aromatic carbocycles. The lowest BCUT2D eigenvalue weighted by Crippen LogP contribution is -2.36. The molecule has 0 bridgehead atoms. The minimum absolute atomic E-state index is 0.0240. The van der Waals surface area contributed by atoms with E-state index in [1.165, 1.54) is 12.1 Å². The van der Waals surface area contributed by atoms with Gasteiger partial charge in [0.1, 0.15) is 6.54 Å². The van der Waals surface area contributed by atoms with Crippen molar-refractivity contribution in [2.45, 2.75) is 4.90 Å². The molecule has 0 amide bonds. The lowest BCUT2D eigenvalue weighted by molar-refractivity contribution is -0.135. The minimum atomic E-state index is -3.84. The second kappa shape index (κ2) is 6.79. The Balaban J connectivity index is 2.54. The molecule has 1 aromatic rings. The van der Waals surface area contributed by atoms with Gasteiger partial charge >= 0.3 is 5.97 Å². The first-order valence-electron chi connectivity index (χ1n) is 5.47. The molecule has 3 N–H and O–H groups in total. The molecular weight excluding hydrogens is 308 g/mol. The Morgan fingerprint density at radius 1 is 1.05 bits per heavy atom. The number of carbonyl (C=O) groups is 1. The van der Waals surface area contributed by atoms with E-state index < -0.39 is 38.3 Å². The van der Waals surface area contributed by atoms with E-state index in [9.17, 15) is 21.6 Å². The van der Waals surface area contributed by atoms with Gasteiger partial charge in [0.15, 0.2) is 0 Å². The van der Waals surface area contributed by atoms with Crippen LogP contribution in [0.3, 0.4) is 0 Å². The maximum Gasteiger partial charge on any atom is 0.318 e. The SMILES string of the molecule is O=C(O)CNS(=O)(=O)CCNS(=O)(=O)c1ccccc1. The monoisotopic (exact) mass is 322 g/mol. The van der Waals surface area contributed by atoms with E-state index in [1.54, 1.807) is 18.2 Å². The molecule has 0 aliphatic carbocycles. The van der Waals surface area contributed by atoms with Gasteiger partial charge in [-0.05, 0) is 12.1 Å². The zero-order chi connectivity index (χ0) is 15.2. The molecule has 0 saturated heterocycles. The Hall–Kier alpha value is -1.49. The number of rotatable bonds is 8. The van der Waals surface area contributed by atoms with Crippen molar-refractivity contribution in [1.82, 2.24) is 9.44 Å². The third-order valence-corrected chi connectivity index (χ3v) is 4.96. The standard InChI is InChI=1S/C10H14N2O6S2/c13-10(14)8-12-19(15,16)7-6-11-20(17,18)9-4-2-1-3-5-9/h1-5,11-12H,6-8H2,(H,13,14). The first kappa shape index (κ1) is 16.6. The van der Waals surface area contributed by atoms with Crippen molar-refractivity contribution in [3.05, 3.63) is 30.3 Å². The predicted molar refractivity (Wildman–Crippen MR) is 71.1 cm³/mol. The quantitative estimate of drug-likeness (QED) is 0.561. The maximum atomic E-state index is 11.8. The van der Waals surface area contributed by atoms with Crippen LogP contribution < -0.4 is 9.44 Å². The van der Waals surface area contributed by atoms with E-state index in [-0.39, 0.29) is 11.4 Å². The Kier molecular flexibility index (Phi) is 5.62. The van der Waals surface area contributed by atoms with Crippen molar-refractivity contribution in [2.24, 2.45) is 0 Å². The van der Waals surface area contributed by atoms with E-state index in [4.69, 9.17) is 5.11 Å². The van der Waals surface area contributed by atoms with E-state index in [2.05, 4.69) is 4.72 Å². The van der Waals surface area contributed by atoms with Gasteiger partial charge in [0.2, 0.25) is 20.0 Å². The van der Waals surface area contributed by atoms with Crippen molar-refractivity contribution < 1.29 is 26.7 Å². The zero-order valence-corrected chi connectivity index (χ0v) is 11.9. The largest absolute Gasteiger partial charge is 0.480 e. The van der Waals surface area contributed by atoms with Crippen LogP contribution in [0, 0.1) is 0 Å². The van der Waals surface area contributed by atoms with Crippen LogP contribution in [0.5, 0.6) is 0 Å². The molecule has 0 aliphatic rings. The molecule has 0 spiro atoms. The molecule has 20 heavy (non-hydrogen) atoms. The molecule has 10 heteroatoms. The van der Waals surface area contributed by atoms with Crippen LogP contribution in [0.25, 0.3) is 0 Å². The predicted octanol–water partition coefficient (Wildman–Crippen LogP) is -1.03. The van der Waals surface area contributed by atoms with E-state index >= 15 is 0 Å². The summed E-state index contributed by atoms with van der Waals surface area (Å²) in [5.41, 5.74) is 0. The lowest BCUT2D eigenvalue weighted by Gasteiger charge is -2.07. The van der Waals surface area contributed by atoms with Gasteiger partial charge in [-0.1, -0.05) is 18.2 Å². The molecule has 0 atom stereocenters. The fourth-order valence-electron chi connectivity index (χ4n) is 1.24. The van der Waals surface area contributed by atoms with Crippen LogP contribution in [-0.4, -0.2) is 46.8 Å². The molecule has 0 radical (unpaired) electrons. The van der Waals surface area contributed by atoms with Gasteiger partial charge < -0.3 is 5.11 Å². The van der Waals surface area contributed by atoms with Crippen molar-refractivity contribution in [3.63, 3.8) is 0 Å². The van der Waals surface area contributed by atoms with Gasteiger partial charge in [0.05, 0.1) is 10.6 Å². The number of nitrogens with one attached hydrogen (secondary N) is 2. The van der Waals surface area contributed by atoms with E-state index in [0.717, 1.165) is 0 Å². The molecular formula is C10H14N2O6S2. The van der Waals surface area contributed by atoms with Crippen LogP contribution >= 0.6 is 0 Å². The smallest absolute Gasteiger partial charge is 0.318 e. The molecule has 112 valence electrons. The molecule has 0 unspecified atom stereocenters. The summed E-state index contributed by atoms with van der Waals surface area (Å²) in [5.74, 6) is -1.87. The third kappa shape index (κ3) is 5.65. The van der Waals surface area contributed by atoms with Crippen LogP contribution in [0.4, 0.5) is 0 Å². The summed E-state index contributed by atoms with van der Waals surface area (Å²) in [4.78, 5) is 10.2. The summed E-state index contributed by atoms with van der Waals surface area (Å²) in [7, 11) is -7.61. The number of benzene rings is 1. The average molecular weight is 322 g/mol. The zero-order valence-electron chi connectivity index (χ0n) is 10.3. The van der Waals surface area contributed by atoms with Gasteiger partial charge in [-0.15, -0.1) is 0 Å². The number of hydrogen-bond donors (Lipinski definition) is 3. The number of aliphatic carboxylic acids is 1. The summed E-state index contributed by atoms with van der Waals surface area (Å²) in [6.45, 7) is -1.10. The van der Waals surface area contributed by atoms with Crippen molar-refractivity contribution in [3.8, 4) is 0 Å². The molecule has 0 aliphatic heterocycles. The van der Waals surface area contributed by atoms with E-state index in [1.807, 2.05) is 4.72 Å². The highest BCUT2D eigenvalue weighted by molar-refractivity contribution is 7.90. The van der Waals surface area contributed by atoms with Crippen molar-refractivity contribution >= 4 is 26.0 Å². The lowest BCUT2D eigenvalue weighted by atomic mass is 10.4. The van der Waals surface area contributed by atoms with E-state index in [0.29, 0.717) is 0 Å². The Bertz CT molecular complexity index is 654. The Morgan fingerprint density at radius 3 is 2.20 bits per heavy atom. The van der Waals surface area contributed by atoms with Gasteiger partial charge in [0, 0.05) is 6.54 Å². The number of carboxylic acids is 1. The number of carboxylic acid groups (broad SMARTS) is 1. The Morgan fingerprint density at radius 2 is 1.65 bits per heavy atom. The topological polar surface area (TPSA) is 130 Å². The van der Waals surface area contributed by atoms with Crippen LogP contribution in [-0.2, 0) is 24.8 Å². The Labute approximate surface area is 116 Å². The van der Waals surface area contributed by atoms with Gasteiger partial charge in [-0.2, -0.15) is 0 Å². The molecule has 8 nitrogen and oxygen atoms in total. The summed E-state index contributed by atoms with van der Waals surface area (Å²) >= 11 is 0. The van der Waals surface area contributed by atoms with Crippen LogP contribution in [0.2, 0.25) is 0 Å². The fraction of sp³-hybridized carbons (Fsp3) is 0.300. The van der Waals surface area contributed by atoms with Gasteiger partial charge in [0.25, 0.3) is 0 Å². The highest BCUT2D eigenvalue weighted by Gasteiger charge is 2.16. The molecule has 0 saturated carbocycles. The number of hydrogen-bond acceptors (Lipinski definition) is 5. The first-order chi connectivity index (χ1) is 9.23. The third-order valence-electron chi connectivity index (χ3n) is 2.16. The number of sulfonamides is 2. The molecule has 0 heterocycles. The van der Waals surface area contributed by atoms with Gasteiger partial charge in [-0.25, -0.2) is 26.3 Å². The fourth-order valence-corrected chi connectivity index (χ4v) is 3.28. The average Bonchev–Trinajstić information content (AvgIpc) is 2.37. The minimum Gasteiger partial charge on any atom is -0.480 e. The summed E-state index contributed by atoms with van der Waals surface area (Å²) in [6.07, 6.45) is 0. The molecule has 0 aromatic heterocycles. The highest BCUT2D eigenvalue weighted by atomic mass is 32.2. The highest BCUT2D eigenvalue weighted by Crippen LogP contribution is 2.06. The second-order valence-corrected chi connectivity index (χ2v) is 7.44.